The molecule has 0 heterocycles. The molecule has 0 saturated heterocycles. The van der Waals surface area contributed by atoms with Crippen LogP contribution in [-0.2, 0) is 0 Å². The third kappa shape index (κ3) is 7.63. The SMILES string of the molecule is CCCCCCCC[C@H]1CC[C@H]([C@H]2CC[C@H](c3ccc(S(F)(F)(F)(F)F)cc3)CC2)CC1. The maximum atomic E-state index is 12.9. The van der Waals surface area contributed by atoms with Gasteiger partial charge in [-0.05, 0) is 79.9 Å². The summed E-state index contributed by atoms with van der Waals surface area (Å²) in [5.41, 5.74) is 0.775. The second-order valence-corrected chi connectivity index (χ2v) is 12.9. The second kappa shape index (κ2) is 9.84. The van der Waals surface area contributed by atoms with E-state index in [1.807, 2.05) is 0 Å². The first kappa shape index (κ1) is 25.8. The summed E-state index contributed by atoms with van der Waals surface area (Å²) < 4.78 is 64.7. The second-order valence-electron chi connectivity index (χ2n) is 10.5. The summed E-state index contributed by atoms with van der Waals surface area (Å²) in [5.74, 6) is 2.63. The van der Waals surface area contributed by atoms with E-state index in [-0.39, 0.29) is 5.92 Å². The largest absolute Gasteiger partial charge is 0.310 e. The van der Waals surface area contributed by atoms with Gasteiger partial charge < -0.3 is 0 Å². The zero-order valence-corrected chi connectivity index (χ0v) is 20.3. The molecule has 0 amide bonds. The molecule has 186 valence electrons. The van der Waals surface area contributed by atoms with Crippen LogP contribution in [0.1, 0.15) is 115 Å². The number of halogens is 5. The zero-order chi connectivity index (χ0) is 23.3. The topological polar surface area (TPSA) is 0 Å². The van der Waals surface area contributed by atoms with Gasteiger partial charge in [-0.2, -0.15) is 0 Å². The predicted molar refractivity (Wildman–Crippen MR) is 126 cm³/mol. The highest BCUT2D eigenvalue weighted by molar-refractivity contribution is 8.45. The van der Waals surface area contributed by atoms with Crippen LogP contribution in [0.25, 0.3) is 0 Å². The molecule has 1 aromatic rings. The molecule has 3 rings (SSSR count). The molecule has 2 fully saturated rings. The van der Waals surface area contributed by atoms with Crippen LogP contribution in [0.15, 0.2) is 29.2 Å². The Balaban J connectivity index is 1.38. The number of benzene rings is 1. The average molecular weight is 481 g/mol. The monoisotopic (exact) mass is 480 g/mol. The van der Waals surface area contributed by atoms with Crippen molar-refractivity contribution in [1.82, 2.24) is 0 Å². The summed E-state index contributed by atoms with van der Waals surface area (Å²) in [6, 6.07) is 3.69. The van der Waals surface area contributed by atoms with Crippen molar-refractivity contribution < 1.29 is 19.4 Å². The van der Waals surface area contributed by atoms with Gasteiger partial charge in [0.15, 0.2) is 0 Å². The van der Waals surface area contributed by atoms with Crippen LogP contribution in [0.3, 0.4) is 0 Å². The Morgan fingerprint density at radius 2 is 1.16 bits per heavy atom. The van der Waals surface area contributed by atoms with Crippen LogP contribution in [-0.4, -0.2) is 0 Å². The summed E-state index contributed by atoms with van der Waals surface area (Å²) in [4.78, 5) is -1.78. The maximum absolute atomic E-state index is 12.9. The quantitative estimate of drug-likeness (QED) is 0.231. The zero-order valence-electron chi connectivity index (χ0n) is 19.5. The van der Waals surface area contributed by atoms with Crippen molar-refractivity contribution in [2.24, 2.45) is 17.8 Å². The van der Waals surface area contributed by atoms with Gasteiger partial charge in [0.1, 0.15) is 4.90 Å². The first-order valence-corrected chi connectivity index (χ1v) is 14.8. The van der Waals surface area contributed by atoms with Gasteiger partial charge in [-0.15, -0.1) is 0 Å². The summed E-state index contributed by atoms with van der Waals surface area (Å²) >= 11 is 0. The molecule has 0 unspecified atom stereocenters. The van der Waals surface area contributed by atoms with E-state index in [0.717, 1.165) is 49.0 Å². The third-order valence-corrected chi connectivity index (χ3v) is 9.26. The van der Waals surface area contributed by atoms with Gasteiger partial charge >= 0.3 is 10.2 Å². The fourth-order valence-electron chi connectivity index (χ4n) is 6.08. The highest BCUT2D eigenvalue weighted by Crippen LogP contribution is 3.02. The molecular formula is C26H41F5S. The van der Waals surface area contributed by atoms with Gasteiger partial charge in [0.2, 0.25) is 0 Å². The highest BCUT2D eigenvalue weighted by Gasteiger charge is 2.65. The van der Waals surface area contributed by atoms with Crippen LogP contribution in [0.2, 0.25) is 0 Å². The van der Waals surface area contributed by atoms with Crippen LogP contribution < -0.4 is 0 Å². The minimum absolute atomic E-state index is 0.197. The summed E-state index contributed by atoms with van der Waals surface area (Å²) in [6.45, 7) is 2.25. The first-order chi connectivity index (χ1) is 15.0. The Morgan fingerprint density at radius 3 is 1.69 bits per heavy atom. The molecule has 32 heavy (non-hydrogen) atoms. The Bertz CT molecular complexity index is 696. The van der Waals surface area contributed by atoms with Crippen molar-refractivity contribution in [3.05, 3.63) is 29.8 Å². The summed E-state index contributed by atoms with van der Waals surface area (Å²) in [6.07, 6.45) is 19.1. The maximum Gasteiger partial charge on any atom is 0.310 e. The first-order valence-electron chi connectivity index (χ1n) is 12.8. The van der Waals surface area contributed by atoms with Crippen molar-refractivity contribution in [3.8, 4) is 0 Å². The molecule has 0 N–H and O–H groups in total. The van der Waals surface area contributed by atoms with Gasteiger partial charge in [0.05, 0.1) is 0 Å². The van der Waals surface area contributed by atoms with Gasteiger partial charge in [0, 0.05) is 0 Å². The number of rotatable bonds is 10. The van der Waals surface area contributed by atoms with Gasteiger partial charge in [-0.1, -0.05) is 96.3 Å². The van der Waals surface area contributed by atoms with Crippen molar-refractivity contribution >= 4 is 10.2 Å². The molecule has 0 spiro atoms. The van der Waals surface area contributed by atoms with E-state index in [1.165, 1.54) is 82.8 Å². The van der Waals surface area contributed by atoms with Gasteiger partial charge in [-0.3, -0.25) is 0 Å². The van der Waals surface area contributed by atoms with Gasteiger partial charge in [-0.25, -0.2) is 0 Å². The predicted octanol–water partition coefficient (Wildman–Crippen LogP) is 11.2. The fraction of sp³-hybridized carbons (Fsp3) is 0.769. The van der Waals surface area contributed by atoms with E-state index < -0.39 is 15.1 Å². The molecule has 6 heteroatoms. The Morgan fingerprint density at radius 1 is 0.656 bits per heavy atom. The number of unbranched alkanes of at least 4 members (excludes halogenated alkanes) is 5. The van der Waals surface area contributed by atoms with E-state index in [0.29, 0.717) is 12.1 Å². The molecule has 2 saturated carbocycles. The van der Waals surface area contributed by atoms with Crippen LogP contribution in [0.5, 0.6) is 0 Å². The Hall–Kier alpha value is -0.780. The van der Waals surface area contributed by atoms with Crippen molar-refractivity contribution in [1.29, 1.82) is 0 Å². The van der Waals surface area contributed by atoms with Crippen LogP contribution in [0, 0.1) is 17.8 Å². The number of hydrogen-bond donors (Lipinski definition) is 0. The van der Waals surface area contributed by atoms with Crippen molar-refractivity contribution in [2.45, 2.75) is 114 Å². The molecule has 0 atom stereocenters. The van der Waals surface area contributed by atoms with Crippen LogP contribution >= 0.6 is 10.2 Å². The van der Waals surface area contributed by atoms with E-state index >= 15 is 0 Å². The van der Waals surface area contributed by atoms with Crippen LogP contribution in [0.4, 0.5) is 19.4 Å². The lowest BCUT2D eigenvalue weighted by Crippen LogP contribution is -2.25. The average Bonchev–Trinajstić information content (AvgIpc) is 2.75. The highest BCUT2D eigenvalue weighted by atomic mass is 32.5. The standard InChI is InChI=1S/C26H41F5S/c1-2-3-4-5-6-7-8-21-9-11-22(12-10-21)23-13-15-24(16-14-23)25-17-19-26(20-18-25)32(27,28,29,30)31/h17-24H,2-16H2,1H3/t21-,22-,23-,24-. The molecule has 0 nitrogen and oxygen atoms in total. The minimum Gasteiger partial charge on any atom is -0.0936 e. The third-order valence-electron chi connectivity index (χ3n) is 8.09. The Kier molecular flexibility index (Phi) is 7.94. The fourth-order valence-corrected chi connectivity index (χ4v) is 6.73. The van der Waals surface area contributed by atoms with Gasteiger partial charge in [0.25, 0.3) is 0 Å². The molecule has 0 aliphatic heterocycles. The Labute approximate surface area is 191 Å². The molecule has 2 aliphatic carbocycles. The summed E-state index contributed by atoms with van der Waals surface area (Å²) in [7, 11) is -9.57. The molecule has 1 aromatic carbocycles. The van der Waals surface area contributed by atoms with Crippen molar-refractivity contribution in [3.63, 3.8) is 0 Å². The van der Waals surface area contributed by atoms with Crippen molar-refractivity contribution in [2.75, 3.05) is 0 Å². The summed E-state index contributed by atoms with van der Waals surface area (Å²) in [5, 5.41) is 0. The van der Waals surface area contributed by atoms with E-state index in [2.05, 4.69) is 6.92 Å². The lowest BCUT2D eigenvalue weighted by atomic mass is 9.68. The molecule has 0 aromatic heterocycles. The lowest BCUT2D eigenvalue weighted by molar-refractivity contribution is 0.155. The van der Waals surface area contributed by atoms with E-state index in [4.69, 9.17) is 0 Å². The lowest BCUT2D eigenvalue weighted by Gasteiger charge is -2.41. The molecule has 0 radical (unpaired) electrons. The van der Waals surface area contributed by atoms with E-state index in [1.54, 1.807) is 0 Å². The molecule has 2 aliphatic rings. The number of hydrogen-bond acceptors (Lipinski definition) is 0. The molecule has 0 bridgehead atoms. The smallest absolute Gasteiger partial charge is 0.0936 e. The minimum atomic E-state index is -9.57. The molecular weight excluding hydrogens is 439 g/mol. The van der Waals surface area contributed by atoms with E-state index in [9.17, 15) is 19.4 Å². The normalized spacial score (nSPS) is 29.3.